The average Bonchev–Trinajstić information content (AvgIpc) is 2.32. The first kappa shape index (κ1) is 12.0. The van der Waals surface area contributed by atoms with Crippen molar-refractivity contribution in [2.24, 2.45) is 5.73 Å². The number of ether oxygens (including phenoxy) is 1. The van der Waals surface area contributed by atoms with E-state index in [1.54, 1.807) is 0 Å². The minimum atomic E-state index is 0.191. The van der Waals surface area contributed by atoms with Crippen LogP contribution in [0.1, 0.15) is 5.56 Å². The maximum atomic E-state index is 5.63. The molecular weight excluding hydrogens is 268 g/mol. The summed E-state index contributed by atoms with van der Waals surface area (Å²) >= 11 is 3.57. The molecule has 0 radical (unpaired) electrons. The molecule has 1 aromatic rings. The van der Waals surface area contributed by atoms with E-state index < -0.39 is 0 Å². The second-order valence-corrected chi connectivity index (χ2v) is 4.91. The second kappa shape index (κ2) is 5.77. The van der Waals surface area contributed by atoms with Crippen molar-refractivity contribution in [3.63, 3.8) is 0 Å². The van der Waals surface area contributed by atoms with E-state index in [4.69, 9.17) is 10.5 Å². The van der Waals surface area contributed by atoms with E-state index in [-0.39, 0.29) is 6.10 Å². The van der Waals surface area contributed by atoms with Gasteiger partial charge in [0, 0.05) is 30.7 Å². The Balaban J connectivity index is 1.97. The fourth-order valence-corrected chi connectivity index (χ4v) is 2.34. The molecule has 0 bridgehead atoms. The summed E-state index contributed by atoms with van der Waals surface area (Å²) in [4.78, 5) is 2.39. The normalized spacial score (nSPS) is 22.2. The molecule has 0 amide bonds. The van der Waals surface area contributed by atoms with Crippen LogP contribution in [0.25, 0.3) is 0 Å². The summed E-state index contributed by atoms with van der Waals surface area (Å²) in [5, 5.41) is 0. The Labute approximate surface area is 105 Å². The standard InChI is InChI=1S/C12H17BrN2O/c13-12-4-2-1-3-10(12)8-15-5-6-16-11(7-14)9-15/h1-4,11H,5-9,14H2. The molecule has 1 aliphatic rings. The highest BCUT2D eigenvalue weighted by Crippen LogP contribution is 2.18. The molecule has 4 heteroatoms. The Morgan fingerprint density at radius 2 is 2.25 bits per heavy atom. The maximum absolute atomic E-state index is 5.63. The van der Waals surface area contributed by atoms with Crippen molar-refractivity contribution in [2.75, 3.05) is 26.2 Å². The Bertz CT molecular complexity index is 346. The van der Waals surface area contributed by atoms with Crippen LogP contribution in [0.5, 0.6) is 0 Å². The number of benzene rings is 1. The number of halogens is 1. The van der Waals surface area contributed by atoms with Crippen LogP contribution in [0.2, 0.25) is 0 Å². The Morgan fingerprint density at radius 3 is 3.00 bits per heavy atom. The van der Waals surface area contributed by atoms with Gasteiger partial charge in [-0.3, -0.25) is 4.90 Å². The minimum absolute atomic E-state index is 0.191. The highest BCUT2D eigenvalue weighted by atomic mass is 79.9. The molecule has 3 nitrogen and oxygen atoms in total. The van der Waals surface area contributed by atoms with Crippen molar-refractivity contribution in [1.29, 1.82) is 0 Å². The van der Waals surface area contributed by atoms with Gasteiger partial charge in [0.15, 0.2) is 0 Å². The molecule has 2 rings (SSSR count). The summed E-state index contributed by atoms with van der Waals surface area (Å²) in [6.45, 7) is 4.26. The zero-order chi connectivity index (χ0) is 11.4. The Hall–Kier alpha value is -0.420. The highest BCUT2D eigenvalue weighted by molar-refractivity contribution is 9.10. The van der Waals surface area contributed by atoms with Crippen LogP contribution in [0.15, 0.2) is 28.7 Å². The van der Waals surface area contributed by atoms with Gasteiger partial charge >= 0.3 is 0 Å². The zero-order valence-electron chi connectivity index (χ0n) is 9.23. The lowest BCUT2D eigenvalue weighted by molar-refractivity contribution is -0.0261. The predicted molar refractivity (Wildman–Crippen MR) is 68.2 cm³/mol. The van der Waals surface area contributed by atoms with Crippen LogP contribution in [0, 0.1) is 0 Å². The molecular formula is C12H17BrN2O. The molecule has 0 spiro atoms. The first-order valence-corrected chi connectivity index (χ1v) is 6.36. The van der Waals surface area contributed by atoms with E-state index in [0.717, 1.165) is 26.2 Å². The molecule has 1 aliphatic heterocycles. The summed E-state index contributed by atoms with van der Waals surface area (Å²) in [6, 6.07) is 8.34. The van der Waals surface area contributed by atoms with Gasteiger partial charge in [-0.05, 0) is 11.6 Å². The summed E-state index contributed by atoms with van der Waals surface area (Å²) in [5.74, 6) is 0. The Kier molecular flexibility index (Phi) is 4.35. The van der Waals surface area contributed by atoms with Crippen LogP contribution in [0.3, 0.4) is 0 Å². The summed E-state index contributed by atoms with van der Waals surface area (Å²) in [6.07, 6.45) is 0.191. The third kappa shape index (κ3) is 3.04. The van der Waals surface area contributed by atoms with E-state index in [0.29, 0.717) is 6.54 Å². The van der Waals surface area contributed by atoms with Crippen LogP contribution >= 0.6 is 15.9 Å². The molecule has 1 aromatic carbocycles. The summed E-state index contributed by atoms with van der Waals surface area (Å²) in [5.41, 5.74) is 6.95. The number of rotatable bonds is 3. The van der Waals surface area contributed by atoms with Crippen LogP contribution < -0.4 is 5.73 Å². The van der Waals surface area contributed by atoms with Crippen molar-refractivity contribution in [2.45, 2.75) is 12.6 Å². The molecule has 1 unspecified atom stereocenters. The summed E-state index contributed by atoms with van der Waals surface area (Å²) in [7, 11) is 0. The van der Waals surface area contributed by atoms with Crippen LogP contribution in [0.4, 0.5) is 0 Å². The second-order valence-electron chi connectivity index (χ2n) is 4.06. The molecule has 1 fully saturated rings. The van der Waals surface area contributed by atoms with Crippen molar-refractivity contribution in [3.05, 3.63) is 34.3 Å². The van der Waals surface area contributed by atoms with Crippen molar-refractivity contribution < 1.29 is 4.74 Å². The predicted octanol–water partition coefficient (Wildman–Crippen LogP) is 1.61. The van der Waals surface area contributed by atoms with Gasteiger partial charge in [0.25, 0.3) is 0 Å². The number of nitrogens with zero attached hydrogens (tertiary/aromatic N) is 1. The molecule has 0 aliphatic carbocycles. The van der Waals surface area contributed by atoms with Gasteiger partial charge in [-0.15, -0.1) is 0 Å². The fraction of sp³-hybridized carbons (Fsp3) is 0.500. The molecule has 0 aromatic heterocycles. The average molecular weight is 285 g/mol. The topological polar surface area (TPSA) is 38.5 Å². The third-order valence-electron chi connectivity index (χ3n) is 2.84. The molecule has 2 N–H and O–H groups in total. The molecule has 1 heterocycles. The largest absolute Gasteiger partial charge is 0.374 e. The van der Waals surface area contributed by atoms with Gasteiger partial charge < -0.3 is 10.5 Å². The van der Waals surface area contributed by atoms with E-state index >= 15 is 0 Å². The molecule has 0 saturated carbocycles. The van der Waals surface area contributed by atoms with Crippen LogP contribution in [-0.4, -0.2) is 37.2 Å². The van der Waals surface area contributed by atoms with Gasteiger partial charge in [0.1, 0.15) is 0 Å². The van der Waals surface area contributed by atoms with E-state index in [1.165, 1.54) is 10.0 Å². The van der Waals surface area contributed by atoms with E-state index in [1.807, 2.05) is 6.07 Å². The van der Waals surface area contributed by atoms with E-state index in [2.05, 4.69) is 39.0 Å². The number of morpholine rings is 1. The van der Waals surface area contributed by atoms with Crippen molar-refractivity contribution in [1.82, 2.24) is 4.90 Å². The smallest absolute Gasteiger partial charge is 0.0824 e. The lowest BCUT2D eigenvalue weighted by atomic mass is 10.2. The van der Waals surface area contributed by atoms with Gasteiger partial charge in [0.05, 0.1) is 12.7 Å². The monoisotopic (exact) mass is 284 g/mol. The lowest BCUT2D eigenvalue weighted by Crippen LogP contribution is -2.45. The fourth-order valence-electron chi connectivity index (χ4n) is 1.93. The third-order valence-corrected chi connectivity index (χ3v) is 3.61. The first-order valence-electron chi connectivity index (χ1n) is 5.57. The minimum Gasteiger partial charge on any atom is -0.374 e. The SMILES string of the molecule is NCC1CN(Cc2ccccc2Br)CCO1. The first-order chi connectivity index (χ1) is 7.79. The van der Waals surface area contributed by atoms with Crippen molar-refractivity contribution >= 4 is 15.9 Å². The zero-order valence-corrected chi connectivity index (χ0v) is 10.8. The maximum Gasteiger partial charge on any atom is 0.0824 e. The molecule has 16 heavy (non-hydrogen) atoms. The molecule has 88 valence electrons. The molecule has 1 saturated heterocycles. The van der Waals surface area contributed by atoms with Gasteiger partial charge in [0.2, 0.25) is 0 Å². The van der Waals surface area contributed by atoms with Crippen molar-refractivity contribution in [3.8, 4) is 0 Å². The van der Waals surface area contributed by atoms with Gasteiger partial charge in [-0.25, -0.2) is 0 Å². The number of hydrogen-bond acceptors (Lipinski definition) is 3. The van der Waals surface area contributed by atoms with Gasteiger partial charge in [-0.2, -0.15) is 0 Å². The summed E-state index contributed by atoms with van der Waals surface area (Å²) < 4.78 is 6.72. The highest BCUT2D eigenvalue weighted by Gasteiger charge is 2.19. The van der Waals surface area contributed by atoms with Gasteiger partial charge in [-0.1, -0.05) is 34.1 Å². The van der Waals surface area contributed by atoms with E-state index in [9.17, 15) is 0 Å². The number of nitrogens with two attached hydrogens (primary N) is 1. The quantitative estimate of drug-likeness (QED) is 0.917. The lowest BCUT2D eigenvalue weighted by Gasteiger charge is -2.32. The van der Waals surface area contributed by atoms with Crippen LogP contribution in [-0.2, 0) is 11.3 Å². The number of hydrogen-bond donors (Lipinski definition) is 1. The Morgan fingerprint density at radius 1 is 1.44 bits per heavy atom. The molecule has 1 atom stereocenters.